The molecule has 7 heavy (non-hydrogen) atoms. The van der Waals surface area contributed by atoms with Gasteiger partial charge < -0.3 is 20.1 Å². The predicted molar refractivity (Wildman–Crippen MR) is 16.2 cm³/mol. The van der Waals surface area contributed by atoms with Gasteiger partial charge in [0.1, 0.15) is 0 Å². The number of aliphatic hydroxyl groups excluding tert-OH is 1. The molecule has 0 fully saturated rings. The molecule has 0 rings (SSSR count). The Balaban J connectivity index is -0.0000000480. The third-order valence-electron chi connectivity index (χ3n) is 0. The summed E-state index contributed by atoms with van der Waals surface area (Å²) in [6.07, 6.45) is -2.08. The molecular weight excluding hydrogens is 127 g/mol. The minimum absolute atomic E-state index is 0. The van der Waals surface area contributed by atoms with Crippen LogP contribution in [0.2, 0.25) is 0 Å². The second-order valence-electron chi connectivity index (χ2n) is 0.266. The summed E-state index contributed by atoms with van der Waals surface area (Å²) in [4.78, 5) is 8.44. The smallest absolute Gasteiger partial charge is 0.565 e. The van der Waals surface area contributed by atoms with Gasteiger partial charge in [-0.2, -0.15) is 0 Å². The number of hydrogen-bond donors (Lipinski definition) is 2. The molecule has 0 amide bonds. The Morgan fingerprint density at radius 1 is 1.57 bits per heavy atom. The van der Waals surface area contributed by atoms with Crippen LogP contribution in [0.1, 0.15) is 0 Å². The Morgan fingerprint density at radius 3 is 1.57 bits per heavy atom. The van der Waals surface area contributed by atoms with Gasteiger partial charge in [-0.25, -0.2) is 0 Å². The van der Waals surface area contributed by atoms with Crippen LogP contribution in [-0.2, 0) is 0 Å². The first kappa shape index (κ1) is 15.7. The standard InChI is InChI=1S/CH2O3.CH4O.K/c2-1(3)4;1-2;/h(H2,2,3,4);2H,1H3;/q;;+1/p-1. The van der Waals surface area contributed by atoms with Crippen molar-refractivity contribution in [3.05, 3.63) is 0 Å². The van der Waals surface area contributed by atoms with Crippen molar-refractivity contribution in [1.82, 2.24) is 0 Å². The van der Waals surface area contributed by atoms with Gasteiger partial charge in [0.15, 0.2) is 0 Å². The summed E-state index contributed by atoms with van der Waals surface area (Å²) in [6, 6.07) is 0. The van der Waals surface area contributed by atoms with E-state index in [1.165, 1.54) is 0 Å². The Labute approximate surface area is 83.6 Å². The van der Waals surface area contributed by atoms with E-state index in [0.717, 1.165) is 7.11 Å². The van der Waals surface area contributed by atoms with E-state index in [2.05, 4.69) is 0 Å². The molecule has 0 aliphatic carbocycles. The van der Waals surface area contributed by atoms with Crippen LogP contribution in [0, 0.1) is 0 Å². The van der Waals surface area contributed by atoms with Crippen molar-refractivity contribution >= 4 is 6.16 Å². The second-order valence-corrected chi connectivity index (χ2v) is 0.266. The SMILES string of the molecule is CO.O=C([O-])O.[K+]. The number of hydrogen-bond acceptors (Lipinski definition) is 3. The van der Waals surface area contributed by atoms with Crippen LogP contribution < -0.4 is 56.5 Å². The van der Waals surface area contributed by atoms with Crippen molar-refractivity contribution in [2.24, 2.45) is 0 Å². The van der Waals surface area contributed by atoms with Gasteiger partial charge in [0, 0.05) is 7.11 Å². The van der Waals surface area contributed by atoms with E-state index in [4.69, 9.17) is 20.1 Å². The first-order valence-electron chi connectivity index (χ1n) is 1.08. The molecule has 0 aliphatic rings. The number of rotatable bonds is 0. The van der Waals surface area contributed by atoms with Gasteiger partial charge in [-0.1, -0.05) is 0 Å². The number of carboxylic acid groups (broad SMARTS) is 2. The molecule has 2 N–H and O–H groups in total. The maximum absolute atomic E-state index is 8.44. The van der Waals surface area contributed by atoms with Gasteiger partial charge in [-0.15, -0.1) is 0 Å². The summed E-state index contributed by atoms with van der Waals surface area (Å²) in [5, 5.41) is 22.3. The zero-order chi connectivity index (χ0) is 5.58. The van der Waals surface area contributed by atoms with Crippen molar-refractivity contribution in [3.8, 4) is 0 Å². The fourth-order valence-electron chi connectivity index (χ4n) is 0. The fourth-order valence-corrected chi connectivity index (χ4v) is 0. The molecule has 0 radical (unpaired) electrons. The molecule has 0 saturated heterocycles. The summed E-state index contributed by atoms with van der Waals surface area (Å²) < 4.78 is 0. The second kappa shape index (κ2) is 15.8. The molecule has 0 spiro atoms. The third kappa shape index (κ3) is 217. The van der Waals surface area contributed by atoms with E-state index < -0.39 is 6.16 Å². The average molecular weight is 132 g/mol. The van der Waals surface area contributed by atoms with Gasteiger partial charge in [0.2, 0.25) is 6.16 Å². The first-order valence-corrected chi connectivity index (χ1v) is 1.08. The predicted octanol–water partition coefficient (Wildman–Crippen LogP) is -4.50. The van der Waals surface area contributed by atoms with Gasteiger partial charge in [0.25, 0.3) is 0 Å². The van der Waals surface area contributed by atoms with Crippen LogP contribution in [0.15, 0.2) is 0 Å². The normalized spacial score (nSPS) is 4.29. The number of carbonyl (C=O) groups is 1. The van der Waals surface area contributed by atoms with Crippen LogP contribution in [0.25, 0.3) is 0 Å². The molecule has 0 bridgehead atoms. The van der Waals surface area contributed by atoms with E-state index >= 15 is 0 Å². The summed E-state index contributed by atoms with van der Waals surface area (Å²) in [5.74, 6) is 0. The largest absolute Gasteiger partial charge is 1.00 e. The van der Waals surface area contributed by atoms with Crippen molar-refractivity contribution in [2.75, 3.05) is 7.11 Å². The van der Waals surface area contributed by atoms with Crippen LogP contribution in [0.3, 0.4) is 0 Å². The quantitative estimate of drug-likeness (QED) is 0.325. The zero-order valence-corrected chi connectivity index (χ0v) is 7.33. The Bertz CT molecular complexity index is 32.7. The van der Waals surface area contributed by atoms with E-state index in [0.29, 0.717) is 0 Å². The van der Waals surface area contributed by atoms with Crippen molar-refractivity contribution in [1.29, 1.82) is 0 Å². The molecule has 4 nitrogen and oxygen atoms in total. The molecule has 0 aromatic rings. The van der Waals surface area contributed by atoms with E-state index in [1.54, 1.807) is 0 Å². The first-order chi connectivity index (χ1) is 2.73. The maximum atomic E-state index is 8.44. The molecule has 38 valence electrons. The fraction of sp³-hybridized carbons (Fsp3) is 0.500. The Morgan fingerprint density at radius 2 is 1.57 bits per heavy atom. The Hall–Kier alpha value is 0.866. The van der Waals surface area contributed by atoms with Crippen LogP contribution in [-0.4, -0.2) is 23.5 Å². The summed E-state index contributed by atoms with van der Waals surface area (Å²) >= 11 is 0. The minimum atomic E-state index is -2.08. The summed E-state index contributed by atoms with van der Waals surface area (Å²) in [7, 11) is 1.00. The molecular formula is C2H5KO4. The molecule has 0 heterocycles. The van der Waals surface area contributed by atoms with Crippen LogP contribution >= 0.6 is 0 Å². The van der Waals surface area contributed by atoms with Crippen molar-refractivity contribution in [3.63, 3.8) is 0 Å². The maximum Gasteiger partial charge on any atom is 1.00 e. The van der Waals surface area contributed by atoms with Crippen molar-refractivity contribution < 1.29 is 71.5 Å². The Kier molecular flexibility index (Phi) is 35.4. The zero-order valence-electron chi connectivity index (χ0n) is 4.21. The topological polar surface area (TPSA) is 80.6 Å². The van der Waals surface area contributed by atoms with Crippen LogP contribution in [0.4, 0.5) is 4.79 Å². The molecule has 0 atom stereocenters. The van der Waals surface area contributed by atoms with Crippen molar-refractivity contribution in [2.45, 2.75) is 0 Å². The molecule has 0 unspecified atom stereocenters. The van der Waals surface area contributed by atoms with Gasteiger partial charge in [0.05, 0.1) is 0 Å². The molecule has 5 heteroatoms. The average Bonchev–Trinajstić information content (AvgIpc) is 1.41. The molecule has 0 saturated carbocycles. The molecule has 0 aromatic carbocycles. The van der Waals surface area contributed by atoms with Gasteiger partial charge in [-0.3, -0.25) is 0 Å². The van der Waals surface area contributed by atoms with Crippen LogP contribution in [0.5, 0.6) is 0 Å². The summed E-state index contributed by atoms with van der Waals surface area (Å²) in [6.45, 7) is 0. The summed E-state index contributed by atoms with van der Waals surface area (Å²) in [5.41, 5.74) is 0. The van der Waals surface area contributed by atoms with Gasteiger partial charge >= 0.3 is 51.4 Å². The monoisotopic (exact) mass is 132 g/mol. The van der Waals surface area contributed by atoms with E-state index in [9.17, 15) is 0 Å². The van der Waals surface area contributed by atoms with E-state index in [-0.39, 0.29) is 51.4 Å². The minimum Gasteiger partial charge on any atom is -0.565 e. The van der Waals surface area contributed by atoms with E-state index in [1.807, 2.05) is 0 Å². The number of aliphatic hydroxyl groups is 1. The molecule has 0 aliphatic heterocycles. The third-order valence-corrected chi connectivity index (χ3v) is 0. The molecule has 0 aromatic heterocycles. The van der Waals surface area contributed by atoms with Gasteiger partial charge in [-0.05, 0) is 0 Å².